The SMILES string of the molecule is C=CCNC(=O)[C@@H](Cc1ccccc1)NC(=O)c1ccc(Cl)cc1Cl. The summed E-state index contributed by atoms with van der Waals surface area (Å²) in [6.45, 7) is 3.89. The summed E-state index contributed by atoms with van der Waals surface area (Å²) >= 11 is 11.9. The van der Waals surface area contributed by atoms with Crippen LogP contribution < -0.4 is 10.6 Å². The predicted octanol–water partition coefficient (Wildman–Crippen LogP) is 3.64. The van der Waals surface area contributed by atoms with Crippen LogP contribution in [0.5, 0.6) is 0 Å². The van der Waals surface area contributed by atoms with Gasteiger partial charge < -0.3 is 10.6 Å². The lowest BCUT2D eigenvalue weighted by Crippen LogP contribution is -2.48. The fourth-order valence-electron chi connectivity index (χ4n) is 2.26. The minimum Gasteiger partial charge on any atom is -0.351 e. The third kappa shape index (κ3) is 5.62. The molecule has 6 heteroatoms. The number of carbonyl (C=O) groups excluding carboxylic acids is 2. The molecule has 0 spiro atoms. The van der Waals surface area contributed by atoms with Gasteiger partial charge in [0.1, 0.15) is 6.04 Å². The normalized spacial score (nSPS) is 11.4. The van der Waals surface area contributed by atoms with E-state index in [9.17, 15) is 9.59 Å². The predicted molar refractivity (Wildman–Crippen MR) is 101 cm³/mol. The number of carbonyl (C=O) groups is 2. The number of amides is 2. The molecule has 25 heavy (non-hydrogen) atoms. The summed E-state index contributed by atoms with van der Waals surface area (Å²) in [6, 6.07) is 13.3. The number of hydrogen-bond acceptors (Lipinski definition) is 2. The van der Waals surface area contributed by atoms with Gasteiger partial charge in [0.25, 0.3) is 5.91 Å². The topological polar surface area (TPSA) is 58.2 Å². The van der Waals surface area contributed by atoms with E-state index in [-0.39, 0.29) is 16.5 Å². The molecule has 0 fully saturated rings. The quantitative estimate of drug-likeness (QED) is 0.724. The number of rotatable bonds is 7. The molecular weight excluding hydrogens is 359 g/mol. The molecule has 0 aliphatic heterocycles. The van der Waals surface area contributed by atoms with Crippen LogP contribution in [-0.2, 0) is 11.2 Å². The molecule has 2 aromatic carbocycles. The van der Waals surface area contributed by atoms with Gasteiger partial charge in [-0.25, -0.2) is 0 Å². The molecule has 1 atom stereocenters. The van der Waals surface area contributed by atoms with Crippen molar-refractivity contribution in [3.05, 3.63) is 82.4 Å². The molecule has 2 amide bonds. The van der Waals surface area contributed by atoms with Gasteiger partial charge in [0, 0.05) is 18.0 Å². The maximum Gasteiger partial charge on any atom is 0.253 e. The molecule has 0 heterocycles. The van der Waals surface area contributed by atoms with Crippen LogP contribution in [0.25, 0.3) is 0 Å². The lowest BCUT2D eigenvalue weighted by atomic mass is 10.0. The van der Waals surface area contributed by atoms with Crippen LogP contribution in [-0.4, -0.2) is 24.4 Å². The van der Waals surface area contributed by atoms with Gasteiger partial charge in [0.05, 0.1) is 10.6 Å². The minimum atomic E-state index is -0.735. The Bertz CT molecular complexity index is 763. The largest absolute Gasteiger partial charge is 0.351 e. The van der Waals surface area contributed by atoms with E-state index in [0.29, 0.717) is 18.0 Å². The molecule has 2 N–H and O–H groups in total. The lowest BCUT2D eigenvalue weighted by molar-refractivity contribution is -0.122. The maximum absolute atomic E-state index is 12.5. The van der Waals surface area contributed by atoms with Crippen molar-refractivity contribution < 1.29 is 9.59 Å². The third-order valence-electron chi connectivity index (χ3n) is 3.50. The Labute approximate surface area is 156 Å². The van der Waals surface area contributed by atoms with Gasteiger partial charge >= 0.3 is 0 Å². The molecule has 0 radical (unpaired) electrons. The van der Waals surface area contributed by atoms with E-state index in [2.05, 4.69) is 17.2 Å². The number of nitrogens with one attached hydrogen (secondary N) is 2. The van der Waals surface area contributed by atoms with Crippen LogP contribution in [0.3, 0.4) is 0 Å². The van der Waals surface area contributed by atoms with Gasteiger partial charge in [-0.3, -0.25) is 9.59 Å². The Kier molecular flexibility index (Phi) is 7.04. The van der Waals surface area contributed by atoms with E-state index >= 15 is 0 Å². The lowest BCUT2D eigenvalue weighted by Gasteiger charge is -2.19. The summed E-state index contributed by atoms with van der Waals surface area (Å²) in [4.78, 5) is 24.9. The molecule has 0 aliphatic carbocycles. The molecule has 2 rings (SSSR count). The Hall–Kier alpha value is -2.30. The van der Waals surface area contributed by atoms with Crippen molar-refractivity contribution in [1.82, 2.24) is 10.6 Å². The van der Waals surface area contributed by atoms with Crippen molar-refractivity contribution in [2.24, 2.45) is 0 Å². The van der Waals surface area contributed by atoms with Gasteiger partial charge in [0.2, 0.25) is 5.91 Å². The van der Waals surface area contributed by atoms with E-state index in [0.717, 1.165) is 5.56 Å². The Morgan fingerprint density at radius 3 is 2.48 bits per heavy atom. The second-order valence-corrected chi connectivity index (χ2v) is 6.22. The van der Waals surface area contributed by atoms with Gasteiger partial charge in [0.15, 0.2) is 0 Å². The standard InChI is InChI=1S/C19H18Cl2N2O2/c1-2-10-22-19(25)17(11-13-6-4-3-5-7-13)23-18(24)15-9-8-14(20)12-16(15)21/h2-9,12,17H,1,10-11H2,(H,22,25)(H,23,24)/t17-/m1/s1. The zero-order valence-corrected chi connectivity index (χ0v) is 15.0. The van der Waals surface area contributed by atoms with Crippen molar-refractivity contribution in [1.29, 1.82) is 0 Å². The molecule has 0 unspecified atom stereocenters. The molecule has 0 aliphatic rings. The van der Waals surface area contributed by atoms with Gasteiger partial charge in [-0.05, 0) is 23.8 Å². The first kappa shape index (κ1) is 19.0. The van der Waals surface area contributed by atoms with E-state index in [1.807, 2.05) is 30.3 Å². The zero-order valence-electron chi connectivity index (χ0n) is 13.5. The average Bonchev–Trinajstić information content (AvgIpc) is 2.59. The smallest absolute Gasteiger partial charge is 0.253 e. The molecule has 0 saturated heterocycles. The van der Waals surface area contributed by atoms with Crippen molar-refractivity contribution in [2.45, 2.75) is 12.5 Å². The highest BCUT2D eigenvalue weighted by atomic mass is 35.5. The minimum absolute atomic E-state index is 0.231. The summed E-state index contributed by atoms with van der Waals surface area (Å²) in [7, 11) is 0. The Morgan fingerprint density at radius 1 is 1.12 bits per heavy atom. The molecule has 0 saturated carbocycles. The first-order chi connectivity index (χ1) is 12.0. The van der Waals surface area contributed by atoms with Crippen molar-refractivity contribution >= 4 is 35.0 Å². The van der Waals surface area contributed by atoms with Crippen molar-refractivity contribution in [3.8, 4) is 0 Å². The summed E-state index contributed by atoms with van der Waals surface area (Å²) in [5, 5.41) is 6.11. The maximum atomic E-state index is 12.5. The van der Waals surface area contributed by atoms with Crippen LogP contribution in [0.15, 0.2) is 61.2 Å². The molecule has 0 aromatic heterocycles. The fourth-order valence-corrected chi connectivity index (χ4v) is 2.76. The average molecular weight is 377 g/mol. The van der Waals surface area contributed by atoms with Crippen LogP contribution in [0.1, 0.15) is 15.9 Å². The first-order valence-corrected chi connectivity index (χ1v) is 8.45. The van der Waals surface area contributed by atoms with Crippen molar-refractivity contribution in [3.63, 3.8) is 0 Å². The third-order valence-corrected chi connectivity index (χ3v) is 4.05. The van der Waals surface area contributed by atoms with E-state index in [4.69, 9.17) is 23.2 Å². The monoisotopic (exact) mass is 376 g/mol. The summed E-state index contributed by atoms with van der Waals surface area (Å²) in [5.74, 6) is -0.724. The van der Waals surface area contributed by atoms with Crippen LogP contribution in [0.2, 0.25) is 10.0 Å². The Balaban J connectivity index is 2.17. The molecular formula is C19H18Cl2N2O2. The number of benzene rings is 2. The van der Waals surface area contributed by atoms with Gasteiger partial charge in [-0.2, -0.15) is 0 Å². The van der Waals surface area contributed by atoms with Crippen molar-refractivity contribution in [2.75, 3.05) is 6.54 Å². The number of halogens is 2. The van der Waals surface area contributed by atoms with Crippen LogP contribution in [0, 0.1) is 0 Å². The summed E-state index contributed by atoms with van der Waals surface area (Å²) < 4.78 is 0. The zero-order chi connectivity index (χ0) is 18.2. The summed E-state index contributed by atoms with van der Waals surface area (Å²) in [5.41, 5.74) is 1.20. The Morgan fingerprint density at radius 2 is 1.84 bits per heavy atom. The second-order valence-electron chi connectivity index (χ2n) is 5.37. The number of hydrogen-bond donors (Lipinski definition) is 2. The highest BCUT2D eigenvalue weighted by molar-refractivity contribution is 6.36. The first-order valence-electron chi connectivity index (χ1n) is 7.69. The fraction of sp³-hybridized carbons (Fsp3) is 0.158. The van der Waals surface area contributed by atoms with Crippen LogP contribution in [0.4, 0.5) is 0 Å². The van der Waals surface area contributed by atoms with Gasteiger partial charge in [-0.15, -0.1) is 6.58 Å². The molecule has 130 valence electrons. The summed E-state index contributed by atoms with van der Waals surface area (Å²) in [6.07, 6.45) is 1.94. The highest BCUT2D eigenvalue weighted by Gasteiger charge is 2.22. The second kappa shape index (κ2) is 9.25. The molecule has 4 nitrogen and oxygen atoms in total. The van der Waals surface area contributed by atoms with E-state index < -0.39 is 11.9 Å². The molecule has 0 bridgehead atoms. The van der Waals surface area contributed by atoms with E-state index in [1.165, 1.54) is 12.1 Å². The van der Waals surface area contributed by atoms with Gasteiger partial charge in [-0.1, -0.05) is 59.6 Å². The van der Waals surface area contributed by atoms with Crippen LogP contribution >= 0.6 is 23.2 Å². The highest BCUT2D eigenvalue weighted by Crippen LogP contribution is 2.21. The molecule has 2 aromatic rings. The van der Waals surface area contributed by atoms with E-state index in [1.54, 1.807) is 12.1 Å².